The molecule has 0 aromatic heterocycles. The average Bonchev–Trinajstić information content (AvgIpc) is 2.44. The molecule has 0 radical (unpaired) electrons. The first-order chi connectivity index (χ1) is 10.0. The molecule has 7 heteroatoms. The van der Waals surface area contributed by atoms with Crippen molar-refractivity contribution in [1.82, 2.24) is 10.6 Å². The Morgan fingerprint density at radius 2 is 2.24 bits per heavy atom. The minimum Gasteiger partial charge on any atom is -0.384 e. The van der Waals surface area contributed by atoms with Crippen molar-refractivity contribution >= 4 is 37.1 Å². The molecular weight excluding hydrogens is 287 g/mol. The molecule has 1 unspecified atom stereocenters. The van der Waals surface area contributed by atoms with Crippen LogP contribution in [0.15, 0.2) is 30.0 Å². The van der Waals surface area contributed by atoms with Gasteiger partial charge in [0.1, 0.15) is 5.70 Å². The molecule has 2 amide bonds. The summed E-state index contributed by atoms with van der Waals surface area (Å²) in [5.41, 5.74) is 1.92. The first-order valence-corrected chi connectivity index (χ1v) is 7.64. The van der Waals surface area contributed by atoms with E-state index >= 15 is 0 Å². The zero-order valence-corrected chi connectivity index (χ0v) is 12.8. The van der Waals surface area contributed by atoms with Crippen molar-refractivity contribution in [1.29, 1.82) is 5.41 Å². The van der Waals surface area contributed by atoms with Gasteiger partial charge in [-0.15, -0.1) is 0 Å². The predicted molar refractivity (Wildman–Crippen MR) is 85.9 cm³/mol. The Morgan fingerprint density at radius 1 is 1.48 bits per heavy atom. The number of rotatable bonds is 4. The lowest BCUT2D eigenvalue weighted by Crippen LogP contribution is -2.32. The Hall–Kier alpha value is -2.20. The highest BCUT2D eigenvalue weighted by Crippen LogP contribution is 2.20. The van der Waals surface area contributed by atoms with E-state index in [-0.39, 0.29) is 17.5 Å². The highest BCUT2D eigenvalue weighted by atomic mass is 31.1. The topological polar surface area (TPSA) is 94.1 Å². The summed E-state index contributed by atoms with van der Waals surface area (Å²) in [6, 6.07) is 5.25. The van der Waals surface area contributed by atoms with Crippen LogP contribution in [0.25, 0.3) is 0 Å². The zero-order chi connectivity index (χ0) is 15.4. The van der Waals surface area contributed by atoms with Gasteiger partial charge in [-0.05, 0) is 36.5 Å². The van der Waals surface area contributed by atoms with Gasteiger partial charge in [0.05, 0.1) is 0 Å². The second-order valence-corrected chi connectivity index (χ2v) is 5.81. The molecule has 0 aliphatic carbocycles. The van der Waals surface area contributed by atoms with Crippen LogP contribution in [0.2, 0.25) is 0 Å². The van der Waals surface area contributed by atoms with E-state index < -0.39 is 0 Å². The molecule has 1 atom stereocenters. The molecule has 1 heterocycles. The summed E-state index contributed by atoms with van der Waals surface area (Å²) in [6.07, 6.45) is 2.10. The molecule has 0 bridgehead atoms. The summed E-state index contributed by atoms with van der Waals surface area (Å²) in [7, 11) is 2.13. The largest absolute Gasteiger partial charge is 0.384 e. The van der Waals surface area contributed by atoms with E-state index in [1.165, 1.54) is 6.08 Å². The monoisotopic (exact) mass is 304 g/mol. The van der Waals surface area contributed by atoms with E-state index in [9.17, 15) is 9.59 Å². The molecule has 0 saturated heterocycles. The summed E-state index contributed by atoms with van der Waals surface area (Å²) in [5, 5.41) is 16.7. The Morgan fingerprint density at radius 3 is 2.90 bits per heavy atom. The third kappa shape index (κ3) is 3.67. The van der Waals surface area contributed by atoms with Gasteiger partial charge in [0.2, 0.25) is 0 Å². The van der Waals surface area contributed by atoms with Gasteiger partial charge in [-0.2, -0.15) is 0 Å². The lowest BCUT2D eigenvalue weighted by molar-refractivity contribution is -0.113. The zero-order valence-electron chi connectivity index (χ0n) is 11.8. The molecule has 6 nitrogen and oxygen atoms in total. The fraction of sp³-hybridized carbons (Fsp3) is 0.214. The number of carbonyl (C=O) groups is 2. The first-order valence-electron chi connectivity index (χ1n) is 6.43. The normalized spacial score (nSPS) is 15.1. The van der Waals surface area contributed by atoms with Crippen molar-refractivity contribution in [3.05, 3.63) is 35.5 Å². The van der Waals surface area contributed by atoms with Crippen LogP contribution in [0.4, 0.5) is 5.69 Å². The molecule has 0 fully saturated rings. The molecule has 21 heavy (non-hydrogen) atoms. The number of carbonyl (C=O) groups excluding carboxylic acids is 2. The minimum absolute atomic E-state index is 0.0723. The van der Waals surface area contributed by atoms with E-state index in [1.807, 2.05) is 6.07 Å². The molecular formula is C14H17N4O2P. The molecule has 4 N–H and O–H groups in total. The maximum absolute atomic E-state index is 12.1. The highest BCUT2D eigenvalue weighted by molar-refractivity contribution is 7.47. The summed E-state index contributed by atoms with van der Waals surface area (Å²) in [5.74, 6) is -0.385. The lowest BCUT2D eigenvalue weighted by atomic mass is 10.2. The van der Waals surface area contributed by atoms with Crippen LogP contribution >= 0.6 is 8.58 Å². The van der Waals surface area contributed by atoms with Crippen molar-refractivity contribution in [2.75, 3.05) is 18.7 Å². The quantitative estimate of drug-likeness (QED) is 0.376. The summed E-state index contributed by atoms with van der Waals surface area (Å²) in [4.78, 5) is 23.8. The standard InChI is InChI=1S/C14H17N4O2P/c1-8(15)5-11(16-2)14(20)18-9-3-4-10-12(6-9)21-7-17-13(10)19/h3-6,15-16,21H,7H2,1-2H3,(H,17,19)(H,18,20)/b11-5-,15-8?. The van der Waals surface area contributed by atoms with Gasteiger partial charge < -0.3 is 21.4 Å². The second kappa shape index (κ2) is 6.50. The van der Waals surface area contributed by atoms with E-state index in [4.69, 9.17) is 5.41 Å². The summed E-state index contributed by atoms with van der Waals surface area (Å²) in [6.45, 7) is 1.60. The Balaban J connectivity index is 2.18. The molecule has 1 aliphatic heterocycles. The Kier molecular flexibility index (Phi) is 4.70. The number of anilines is 1. The van der Waals surface area contributed by atoms with Gasteiger partial charge in [-0.25, -0.2) is 0 Å². The maximum Gasteiger partial charge on any atom is 0.271 e. The Bertz CT molecular complexity index is 640. The second-order valence-electron chi connectivity index (χ2n) is 4.56. The molecule has 0 saturated carbocycles. The van der Waals surface area contributed by atoms with Crippen molar-refractivity contribution in [2.45, 2.75) is 6.92 Å². The number of amides is 2. The van der Waals surface area contributed by atoms with Crippen molar-refractivity contribution in [3.8, 4) is 0 Å². The lowest BCUT2D eigenvalue weighted by Gasteiger charge is -2.17. The smallest absolute Gasteiger partial charge is 0.271 e. The number of fused-ring (bicyclic) bond motifs is 1. The number of benzene rings is 1. The van der Waals surface area contributed by atoms with Crippen molar-refractivity contribution < 1.29 is 9.59 Å². The fourth-order valence-corrected chi connectivity index (χ4v) is 3.03. The third-order valence-electron chi connectivity index (χ3n) is 2.92. The van der Waals surface area contributed by atoms with Gasteiger partial charge in [0.25, 0.3) is 11.8 Å². The number of nitrogens with one attached hydrogen (secondary N) is 4. The van der Waals surface area contributed by atoms with Gasteiger partial charge >= 0.3 is 0 Å². The molecule has 2 rings (SSSR count). The van der Waals surface area contributed by atoms with Crippen LogP contribution in [0.3, 0.4) is 0 Å². The van der Waals surface area contributed by atoms with E-state index in [2.05, 4.69) is 16.0 Å². The van der Waals surface area contributed by atoms with Gasteiger partial charge in [-0.1, -0.05) is 8.58 Å². The number of hydrogen-bond donors (Lipinski definition) is 4. The van der Waals surface area contributed by atoms with Crippen molar-refractivity contribution in [2.24, 2.45) is 0 Å². The van der Waals surface area contributed by atoms with E-state index in [0.29, 0.717) is 31.8 Å². The fourth-order valence-electron chi connectivity index (χ4n) is 1.95. The van der Waals surface area contributed by atoms with E-state index in [1.54, 1.807) is 26.1 Å². The average molecular weight is 304 g/mol. The van der Waals surface area contributed by atoms with Crippen LogP contribution in [-0.4, -0.2) is 30.9 Å². The van der Waals surface area contributed by atoms with Crippen LogP contribution < -0.4 is 21.3 Å². The van der Waals surface area contributed by atoms with Gasteiger partial charge in [0.15, 0.2) is 0 Å². The molecule has 1 aliphatic rings. The maximum atomic E-state index is 12.1. The number of likely N-dealkylation sites (N-methyl/N-ethyl adjacent to an activating group) is 1. The molecule has 110 valence electrons. The Labute approximate surface area is 124 Å². The van der Waals surface area contributed by atoms with Crippen LogP contribution in [0.1, 0.15) is 17.3 Å². The highest BCUT2D eigenvalue weighted by Gasteiger charge is 2.17. The third-order valence-corrected chi connectivity index (χ3v) is 4.07. The summed E-state index contributed by atoms with van der Waals surface area (Å²) >= 11 is 0. The predicted octanol–water partition coefficient (Wildman–Crippen LogP) is 0.773. The van der Waals surface area contributed by atoms with Crippen LogP contribution in [0, 0.1) is 5.41 Å². The SMILES string of the molecule is CN/C(=C\C(C)=N)C(=O)Nc1ccc2c(c1)PCNC2=O. The van der Waals surface area contributed by atoms with Gasteiger partial charge in [-0.3, -0.25) is 9.59 Å². The number of hydrogen-bond acceptors (Lipinski definition) is 4. The minimum atomic E-state index is -0.312. The van der Waals surface area contributed by atoms with Crippen molar-refractivity contribution in [3.63, 3.8) is 0 Å². The van der Waals surface area contributed by atoms with Crippen LogP contribution in [-0.2, 0) is 4.79 Å². The van der Waals surface area contributed by atoms with Crippen LogP contribution in [0.5, 0.6) is 0 Å². The molecule has 1 aromatic rings. The number of allylic oxidation sites excluding steroid dienone is 1. The first kappa shape index (κ1) is 15.2. The van der Waals surface area contributed by atoms with Gasteiger partial charge in [0, 0.05) is 30.3 Å². The molecule has 0 spiro atoms. The molecule has 1 aromatic carbocycles. The summed E-state index contributed by atoms with van der Waals surface area (Å²) < 4.78 is 0. The van der Waals surface area contributed by atoms with E-state index in [0.717, 1.165) is 5.30 Å².